The lowest BCUT2D eigenvalue weighted by Crippen LogP contribution is -2.54. The molecule has 8 heteroatoms. The summed E-state index contributed by atoms with van der Waals surface area (Å²) in [5.74, 6) is -0.108. The second-order valence-electron chi connectivity index (χ2n) is 9.45. The van der Waals surface area contributed by atoms with Crippen molar-refractivity contribution in [3.63, 3.8) is 0 Å². The predicted octanol–water partition coefficient (Wildman–Crippen LogP) is 4.19. The number of carbonyl (C=O) groups excluding carboxylic acids is 2. The van der Waals surface area contributed by atoms with Crippen molar-refractivity contribution < 1.29 is 14.0 Å². The van der Waals surface area contributed by atoms with E-state index in [4.69, 9.17) is 0 Å². The van der Waals surface area contributed by atoms with Gasteiger partial charge in [0.2, 0.25) is 10.8 Å². The van der Waals surface area contributed by atoms with Gasteiger partial charge in [0.05, 0.1) is 23.8 Å². The van der Waals surface area contributed by atoms with Gasteiger partial charge in [-0.25, -0.2) is 4.39 Å². The summed E-state index contributed by atoms with van der Waals surface area (Å²) >= 11 is 1.40. The van der Waals surface area contributed by atoms with E-state index in [0.29, 0.717) is 38.5 Å². The highest BCUT2D eigenvalue weighted by molar-refractivity contribution is 8.02. The van der Waals surface area contributed by atoms with Gasteiger partial charge < -0.3 is 4.90 Å². The van der Waals surface area contributed by atoms with Crippen LogP contribution in [0.1, 0.15) is 11.1 Å². The zero-order valence-corrected chi connectivity index (χ0v) is 20.9. The van der Waals surface area contributed by atoms with Crippen LogP contribution in [-0.2, 0) is 14.5 Å². The van der Waals surface area contributed by atoms with Crippen molar-refractivity contribution in [2.24, 2.45) is 0 Å². The fourth-order valence-electron chi connectivity index (χ4n) is 5.43. The molecule has 2 saturated heterocycles. The number of anilines is 3. The van der Waals surface area contributed by atoms with Crippen LogP contribution in [0.5, 0.6) is 0 Å². The van der Waals surface area contributed by atoms with Crippen LogP contribution in [0.3, 0.4) is 0 Å². The van der Waals surface area contributed by atoms with Crippen LogP contribution in [0.25, 0.3) is 0 Å². The summed E-state index contributed by atoms with van der Waals surface area (Å²) in [5.41, 5.74) is 4.16. The van der Waals surface area contributed by atoms with Crippen LogP contribution in [0.4, 0.5) is 21.5 Å². The Balaban J connectivity index is 1.28. The molecule has 3 heterocycles. The Morgan fingerprint density at radius 1 is 0.861 bits per heavy atom. The number of hydrogen-bond acceptors (Lipinski definition) is 5. The monoisotopic (exact) mass is 502 g/mol. The van der Waals surface area contributed by atoms with Gasteiger partial charge in [-0.2, -0.15) is 0 Å². The van der Waals surface area contributed by atoms with E-state index < -0.39 is 4.87 Å². The first-order chi connectivity index (χ1) is 17.5. The molecule has 0 bridgehead atoms. The average molecular weight is 503 g/mol. The van der Waals surface area contributed by atoms with Crippen LogP contribution in [0.2, 0.25) is 0 Å². The number of benzene rings is 3. The summed E-state index contributed by atoms with van der Waals surface area (Å²) < 4.78 is 14.3. The zero-order valence-electron chi connectivity index (χ0n) is 20.1. The SMILES string of the molecule is Cc1ccc(N2C(=O)CS[C@@]23C(=O)N(CN2CCN(c4ccccc4F)CC2)c2ccccc23)cc1. The Kier molecular flexibility index (Phi) is 5.73. The Morgan fingerprint density at radius 2 is 1.53 bits per heavy atom. The van der Waals surface area contributed by atoms with Crippen LogP contribution >= 0.6 is 11.8 Å². The molecule has 6 nitrogen and oxygen atoms in total. The smallest absolute Gasteiger partial charge is 0.269 e. The zero-order chi connectivity index (χ0) is 24.9. The van der Waals surface area contributed by atoms with Crippen LogP contribution in [0, 0.1) is 12.7 Å². The summed E-state index contributed by atoms with van der Waals surface area (Å²) in [6.07, 6.45) is 0. The summed E-state index contributed by atoms with van der Waals surface area (Å²) in [6, 6.07) is 22.4. The topological polar surface area (TPSA) is 47.1 Å². The molecule has 0 aliphatic carbocycles. The Morgan fingerprint density at radius 3 is 2.25 bits per heavy atom. The molecular formula is C28H27FN4O2S. The van der Waals surface area contributed by atoms with Gasteiger partial charge in [0.1, 0.15) is 5.82 Å². The molecule has 3 aliphatic heterocycles. The average Bonchev–Trinajstić information content (AvgIpc) is 3.36. The van der Waals surface area contributed by atoms with E-state index in [2.05, 4.69) is 9.80 Å². The quantitative estimate of drug-likeness (QED) is 0.536. The van der Waals surface area contributed by atoms with Crippen molar-refractivity contribution in [2.75, 3.05) is 53.3 Å². The molecule has 36 heavy (non-hydrogen) atoms. The number of carbonyl (C=O) groups is 2. The first-order valence-electron chi connectivity index (χ1n) is 12.2. The van der Waals surface area contributed by atoms with Crippen molar-refractivity contribution >= 4 is 40.6 Å². The molecule has 0 radical (unpaired) electrons. The van der Waals surface area contributed by atoms with Gasteiger partial charge in [-0.15, -0.1) is 11.8 Å². The Hall–Kier alpha value is -3.36. The number of thioether (sulfide) groups is 1. The molecule has 0 N–H and O–H groups in total. The molecule has 1 atom stereocenters. The van der Waals surface area contributed by atoms with Crippen molar-refractivity contribution in [1.29, 1.82) is 0 Å². The number of fused-ring (bicyclic) bond motifs is 2. The van der Waals surface area contributed by atoms with Gasteiger partial charge in [-0.05, 0) is 37.3 Å². The number of halogens is 1. The maximum Gasteiger partial charge on any atom is 0.269 e. The van der Waals surface area contributed by atoms with E-state index in [-0.39, 0.29) is 23.4 Å². The van der Waals surface area contributed by atoms with E-state index in [9.17, 15) is 14.0 Å². The number of hydrogen-bond donors (Lipinski definition) is 0. The lowest BCUT2D eigenvalue weighted by atomic mass is 10.0. The third-order valence-electron chi connectivity index (χ3n) is 7.26. The van der Waals surface area contributed by atoms with E-state index in [1.165, 1.54) is 17.8 Å². The standard InChI is InChI=1S/C28H27FN4O2S/c1-20-10-12-21(13-11-20)33-26(34)18-36-28(33)22-6-2-4-8-24(22)32(27(28)35)19-30-14-16-31(17-15-30)25-9-5-3-7-23(25)29/h2-13H,14-19H2,1H3/t28-/m0/s1. The molecule has 0 unspecified atom stereocenters. The van der Waals surface area contributed by atoms with Gasteiger partial charge >= 0.3 is 0 Å². The number of piperazine rings is 1. The third-order valence-corrected chi connectivity index (χ3v) is 8.65. The Labute approximate surface area is 214 Å². The van der Waals surface area contributed by atoms with Crippen molar-refractivity contribution in [2.45, 2.75) is 11.8 Å². The minimum absolute atomic E-state index is 0.0626. The van der Waals surface area contributed by atoms with Crippen molar-refractivity contribution in [1.82, 2.24) is 4.90 Å². The molecule has 3 aromatic carbocycles. The van der Waals surface area contributed by atoms with Crippen LogP contribution in [-0.4, -0.2) is 55.3 Å². The van der Waals surface area contributed by atoms with Crippen molar-refractivity contribution in [3.05, 3.63) is 89.7 Å². The predicted molar refractivity (Wildman–Crippen MR) is 142 cm³/mol. The van der Waals surface area contributed by atoms with Crippen molar-refractivity contribution in [3.8, 4) is 0 Å². The normalized spacial score (nSPS) is 22.1. The first-order valence-corrected chi connectivity index (χ1v) is 13.1. The molecule has 2 fully saturated rings. The molecule has 184 valence electrons. The minimum Gasteiger partial charge on any atom is -0.367 e. The molecule has 6 rings (SSSR count). The van der Waals surface area contributed by atoms with Crippen LogP contribution in [0.15, 0.2) is 72.8 Å². The highest BCUT2D eigenvalue weighted by Gasteiger charge is 2.61. The second-order valence-corrected chi connectivity index (χ2v) is 10.6. The number of amides is 2. The number of rotatable bonds is 4. The van der Waals surface area contributed by atoms with Gasteiger partial charge in [-0.1, -0.05) is 48.0 Å². The van der Waals surface area contributed by atoms with E-state index in [0.717, 1.165) is 22.5 Å². The Bertz CT molecular complexity index is 1330. The largest absolute Gasteiger partial charge is 0.367 e. The molecule has 0 aromatic heterocycles. The van der Waals surface area contributed by atoms with Gasteiger partial charge in [0.25, 0.3) is 5.91 Å². The fourth-order valence-corrected chi connectivity index (χ4v) is 6.79. The highest BCUT2D eigenvalue weighted by atomic mass is 32.2. The molecule has 2 amide bonds. The number of para-hydroxylation sites is 2. The summed E-state index contributed by atoms with van der Waals surface area (Å²) in [6.45, 7) is 5.21. The molecule has 1 spiro atoms. The van der Waals surface area contributed by atoms with E-state index in [1.807, 2.05) is 72.5 Å². The fraction of sp³-hybridized carbons (Fsp3) is 0.286. The lowest BCUT2D eigenvalue weighted by molar-refractivity contribution is -0.124. The summed E-state index contributed by atoms with van der Waals surface area (Å²) in [5, 5.41) is 0. The molecular weight excluding hydrogens is 475 g/mol. The van der Waals surface area contributed by atoms with E-state index >= 15 is 0 Å². The maximum absolute atomic E-state index is 14.3. The molecule has 0 saturated carbocycles. The second kappa shape index (κ2) is 8.94. The number of aryl methyl sites for hydroxylation is 1. The van der Waals surface area contributed by atoms with Gasteiger partial charge in [0.15, 0.2) is 0 Å². The van der Waals surface area contributed by atoms with Gasteiger partial charge in [-0.3, -0.25) is 24.3 Å². The minimum atomic E-state index is -1.10. The number of nitrogens with zero attached hydrogens (tertiary/aromatic N) is 4. The first kappa shape index (κ1) is 23.1. The van der Waals surface area contributed by atoms with E-state index in [1.54, 1.807) is 11.0 Å². The van der Waals surface area contributed by atoms with Gasteiger partial charge in [0, 0.05) is 37.4 Å². The lowest BCUT2D eigenvalue weighted by Gasteiger charge is -2.38. The summed E-state index contributed by atoms with van der Waals surface area (Å²) in [4.78, 5) is 34.1. The molecule has 3 aliphatic rings. The maximum atomic E-state index is 14.3. The van der Waals surface area contributed by atoms with Crippen LogP contribution < -0.4 is 14.7 Å². The highest BCUT2D eigenvalue weighted by Crippen LogP contribution is 2.55. The molecule has 3 aromatic rings. The third kappa shape index (κ3) is 3.59. The summed E-state index contributed by atoms with van der Waals surface area (Å²) in [7, 11) is 0.